The first-order chi connectivity index (χ1) is 17.9. The molecule has 2 amide bonds. The molecule has 0 bridgehead atoms. The number of amides is 2. The lowest BCUT2D eigenvalue weighted by Crippen LogP contribution is -2.26. The number of hydrogen-bond acceptors (Lipinski definition) is 2. The van der Waals surface area contributed by atoms with Crippen molar-refractivity contribution in [1.82, 2.24) is 0 Å². The Hall–Kier alpha value is -3.82. The first kappa shape index (κ1) is 25.8. The van der Waals surface area contributed by atoms with E-state index in [9.17, 15) is 35.9 Å². The Kier molecular flexibility index (Phi) is 6.44. The van der Waals surface area contributed by atoms with Crippen molar-refractivity contribution in [3.8, 4) is 22.3 Å². The molecule has 0 aromatic heterocycles. The summed E-state index contributed by atoms with van der Waals surface area (Å²) in [5.41, 5.74) is -1.01. The van der Waals surface area contributed by atoms with Crippen molar-refractivity contribution in [3.05, 3.63) is 71.8 Å². The van der Waals surface area contributed by atoms with Crippen LogP contribution in [0.2, 0.25) is 0 Å². The zero-order valence-electron chi connectivity index (χ0n) is 20.0. The minimum Gasteiger partial charge on any atom is -0.312 e. The maximum Gasteiger partial charge on any atom is 0.416 e. The molecule has 38 heavy (non-hydrogen) atoms. The Morgan fingerprint density at radius 3 is 1.37 bits per heavy atom. The van der Waals surface area contributed by atoms with Gasteiger partial charge in [0.05, 0.1) is 11.1 Å². The Labute approximate surface area is 214 Å². The smallest absolute Gasteiger partial charge is 0.312 e. The van der Waals surface area contributed by atoms with Gasteiger partial charge in [0.2, 0.25) is 11.8 Å². The highest BCUT2D eigenvalue weighted by atomic mass is 19.4. The topological polar surface area (TPSA) is 40.6 Å². The van der Waals surface area contributed by atoms with Crippen molar-refractivity contribution in [1.29, 1.82) is 0 Å². The minimum absolute atomic E-state index is 0.0955. The van der Waals surface area contributed by atoms with Crippen molar-refractivity contribution >= 4 is 23.2 Å². The van der Waals surface area contributed by atoms with E-state index >= 15 is 0 Å². The van der Waals surface area contributed by atoms with Crippen LogP contribution in [0.3, 0.4) is 0 Å². The number of alkyl halides is 6. The molecule has 0 N–H and O–H groups in total. The predicted octanol–water partition coefficient (Wildman–Crippen LogP) is 7.31. The molecule has 198 valence electrons. The number of nitrogens with zero attached hydrogens (tertiary/aromatic N) is 2. The van der Waals surface area contributed by atoms with Gasteiger partial charge >= 0.3 is 12.4 Å². The quantitative estimate of drug-likeness (QED) is 0.331. The van der Waals surface area contributed by atoms with E-state index in [0.717, 1.165) is 0 Å². The molecule has 4 nitrogen and oxygen atoms in total. The SMILES string of the molecule is O=C1CCCN1c1cc(-c2ccccc2-c2cc(C(F)(F)F)cc(C(F)(F)F)c2)cc(N2CCCC2=O)c1. The van der Waals surface area contributed by atoms with Gasteiger partial charge in [-0.25, -0.2) is 0 Å². The number of benzene rings is 3. The Balaban J connectivity index is 1.70. The van der Waals surface area contributed by atoms with Gasteiger partial charge < -0.3 is 9.80 Å². The standard InChI is InChI=1S/C28H22F6N2O2/c29-27(30,31)19-11-17(12-20(15-19)28(32,33)34)23-5-1-2-6-24(23)18-13-21(35-9-3-7-25(35)37)16-22(14-18)36-10-4-8-26(36)38/h1-2,5-6,11-16H,3-4,7-10H2. The average Bonchev–Trinajstić information content (AvgIpc) is 3.50. The van der Waals surface area contributed by atoms with Gasteiger partial charge in [-0.3, -0.25) is 9.59 Å². The van der Waals surface area contributed by atoms with Gasteiger partial charge in [-0.05, 0) is 71.5 Å². The lowest BCUT2D eigenvalue weighted by molar-refractivity contribution is -0.143. The van der Waals surface area contributed by atoms with E-state index < -0.39 is 23.5 Å². The number of anilines is 2. The van der Waals surface area contributed by atoms with E-state index in [1.54, 1.807) is 40.1 Å². The first-order valence-electron chi connectivity index (χ1n) is 12.1. The largest absolute Gasteiger partial charge is 0.416 e. The van der Waals surface area contributed by atoms with Crippen LogP contribution in [0.5, 0.6) is 0 Å². The minimum atomic E-state index is -4.98. The van der Waals surface area contributed by atoms with Crippen LogP contribution in [0.1, 0.15) is 36.8 Å². The molecule has 2 heterocycles. The van der Waals surface area contributed by atoms with E-state index in [4.69, 9.17) is 0 Å². The molecule has 2 fully saturated rings. The lowest BCUT2D eigenvalue weighted by atomic mass is 9.91. The summed E-state index contributed by atoms with van der Waals surface area (Å²) in [6.07, 6.45) is -7.93. The van der Waals surface area contributed by atoms with Gasteiger partial charge in [0.1, 0.15) is 0 Å². The number of carbonyl (C=O) groups excluding carboxylic acids is 2. The summed E-state index contributed by atoms with van der Waals surface area (Å²) in [5.74, 6) is -0.191. The molecule has 0 radical (unpaired) electrons. The van der Waals surface area contributed by atoms with E-state index in [1.165, 1.54) is 12.1 Å². The number of halogens is 6. The molecule has 5 rings (SSSR count). The van der Waals surface area contributed by atoms with Crippen LogP contribution >= 0.6 is 0 Å². The number of rotatable bonds is 4. The molecule has 2 aliphatic rings. The van der Waals surface area contributed by atoms with Crippen LogP contribution in [-0.4, -0.2) is 24.9 Å². The van der Waals surface area contributed by atoms with Crippen molar-refractivity contribution < 1.29 is 35.9 Å². The third kappa shape index (κ3) is 4.99. The normalized spacial score (nSPS) is 16.6. The fourth-order valence-electron chi connectivity index (χ4n) is 5.00. The summed E-state index contributed by atoms with van der Waals surface area (Å²) in [4.78, 5) is 28.2. The number of carbonyl (C=O) groups is 2. The maximum atomic E-state index is 13.6. The third-order valence-corrected chi connectivity index (χ3v) is 6.81. The molecule has 3 aromatic rings. The van der Waals surface area contributed by atoms with Crippen LogP contribution in [0.15, 0.2) is 60.7 Å². The second kappa shape index (κ2) is 9.49. The van der Waals surface area contributed by atoms with E-state index in [1.807, 2.05) is 0 Å². The second-order valence-electron chi connectivity index (χ2n) is 9.38. The molecule has 0 saturated carbocycles. The lowest BCUT2D eigenvalue weighted by Gasteiger charge is -2.23. The molecule has 0 unspecified atom stereocenters. The highest BCUT2D eigenvalue weighted by Crippen LogP contribution is 2.42. The van der Waals surface area contributed by atoms with Gasteiger partial charge in [-0.1, -0.05) is 24.3 Å². The van der Waals surface area contributed by atoms with Gasteiger partial charge in [0.25, 0.3) is 0 Å². The monoisotopic (exact) mass is 532 g/mol. The number of hydrogen-bond donors (Lipinski definition) is 0. The molecule has 2 aliphatic heterocycles. The van der Waals surface area contributed by atoms with Crippen LogP contribution < -0.4 is 9.80 Å². The molecule has 0 spiro atoms. The highest BCUT2D eigenvalue weighted by molar-refractivity contribution is 6.00. The maximum absolute atomic E-state index is 13.6. The molecule has 2 saturated heterocycles. The molecule has 0 atom stereocenters. The fourth-order valence-corrected chi connectivity index (χ4v) is 5.00. The van der Waals surface area contributed by atoms with Crippen LogP contribution in [0.25, 0.3) is 22.3 Å². The van der Waals surface area contributed by atoms with Crippen molar-refractivity contribution in [2.24, 2.45) is 0 Å². The van der Waals surface area contributed by atoms with Crippen LogP contribution in [0, 0.1) is 0 Å². The molecule has 0 aliphatic carbocycles. The van der Waals surface area contributed by atoms with E-state index in [-0.39, 0.29) is 29.0 Å². The Morgan fingerprint density at radius 2 is 1.00 bits per heavy atom. The second-order valence-corrected chi connectivity index (χ2v) is 9.38. The average molecular weight is 532 g/mol. The van der Waals surface area contributed by atoms with Crippen molar-refractivity contribution in [3.63, 3.8) is 0 Å². The summed E-state index contributed by atoms with van der Waals surface area (Å²) in [6.45, 7) is 0.944. The Bertz CT molecular complexity index is 1340. The summed E-state index contributed by atoms with van der Waals surface area (Å²) in [5, 5.41) is 0. The third-order valence-electron chi connectivity index (χ3n) is 6.81. The summed E-state index contributed by atoms with van der Waals surface area (Å²) in [7, 11) is 0. The zero-order chi connectivity index (χ0) is 27.2. The Morgan fingerprint density at radius 1 is 0.579 bits per heavy atom. The highest BCUT2D eigenvalue weighted by Gasteiger charge is 2.37. The first-order valence-corrected chi connectivity index (χ1v) is 12.1. The fraction of sp³-hybridized carbons (Fsp3) is 0.286. The van der Waals surface area contributed by atoms with Gasteiger partial charge in [-0.15, -0.1) is 0 Å². The summed E-state index contributed by atoms with van der Waals surface area (Å²) < 4.78 is 81.3. The van der Waals surface area contributed by atoms with Gasteiger partial charge in [0, 0.05) is 37.3 Å². The molecular formula is C28H22F6N2O2. The van der Waals surface area contributed by atoms with Gasteiger partial charge in [-0.2, -0.15) is 26.3 Å². The molecule has 10 heteroatoms. The zero-order valence-corrected chi connectivity index (χ0v) is 20.0. The van der Waals surface area contributed by atoms with Crippen LogP contribution in [-0.2, 0) is 21.9 Å². The summed E-state index contributed by atoms with van der Waals surface area (Å²) in [6, 6.07) is 12.8. The predicted molar refractivity (Wildman–Crippen MR) is 130 cm³/mol. The molecule has 3 aromatic carbocycles. The van der Waals surface area contributed by atoms with Crippen molar-refractivity contribution in [2.75, 3.05) is 22.9 Å². The van der Waals surface area contributed by atoms with Crippen molar-refractivity contribution in [2.45, 2.75) is 38.0 Å². The van der Waals surface area contributed by atoms with E-state index in [0.29, 0.717) is 73.4 Å². The van der Waals surface area contributed by atoms with Gasteiger partial charge in [0.15, 0.2) is 0 Å². The van der Waals surface area contributed by atoms with E-state index in [2.05, 4.69) is 0 Å². The molecular weight excluding hydrogens is 510 g/mol. The summed E-state index contributed by atoms with van der Waals surface area (Å²) >= 11 is 0. The van der Waals surface area contributed by atoms with Crippen LogP contribution in [0.4, 0.5) is 37.7 Å².